The van der Waals surface area contributed by atoms with Crippen LogP contribution in [0.3, 0.4) is 0 Å². The maximum absolute atomic E-state index is 10.9. The second-order valence-corrected chi connectivity index (χ2v) is 9.90. The van der Waals surface area contributed by atoms with Crippen LogP contribution in [0.1, 0.15) is 23.2 Å². The molecule has 0 bridgehead atoms. The van der Waals surface area contributed by atoms with Gasteiger partial charge in [0, 0.05) is 22.5 Å². The molecule has 4 aromatic rings. The number of carboxylic acid groups (broad SMARTS) is 1. The molecule has 0 aliphatic carbocycles. The van der Waals surface area contributed by atoms with Crippen LogP contribution in [-0.4, -0.2) is 48.4 Å². The number of aryl methyl sites for hydroxylation is 3. The first-order chi connectivity index (χ1) is 17.8. The summed E-state index contributed by atoms with van der Waals surface area (Å²) in [4.78, 5) is 23.9. The van der Waals surface area contributed by atoms with Crippen molar-refractivity contribution in [2.45, 2.75) is 38.2 Å². The van der Waals surface area contributed by atoms with Crippen molar-refractivity contribution in [2.24, 2.45) is 5.73 Å². The highest BCUT2D eigenvalue weighted by atomic mass is 32.2. The van der Waals surface area contributed by atoms with Gasteiger partial charge < -0.3 is 26.0 Å². The summed E-state index contributed by atoms with van der Waals surface area (Å²) in [5, 5.41) is 23.3. The Morgan fingerprint density at radius 1 is 1.11 bits per heavy atom. The maximum Gasteiger partial charge on any atom is 0.321 e. The molecule has 0 aliphatic heterocycles. The van der Waals surface area contributed by atoms with E-state index in [1.54, 1.807) is 6.20 Å². The molecule has 9 nitrogen and oxygen atoms in total. The fourth-order valence-corrected chi connectivity index (χ4v) is 4.49. The number of nitrogens with two attached hydrogens (primary N) is 1. The predicted molar refractivity (Wildman–Crippen MR) is 145 cm³/mol. The average Bonchev–Trinajstić information content (AvgIpc) is 2.89. The molecule has 5 N–H and O–H groups in total. The number of benzene rings is 2. The summed E-state index contributed by atoms with van der Waals surface area (Å²) < 4.78 is 5.97. The highest BCUT2D eigenvalue weighted by Gasteiger charge is 2.15. The van der Waals surface area contributed by atoms with Crippen molar-refractivity contribution >= 4 is 40.1 Å². The summed E-state index contributed by atoms with van der Waals surface area (Å²) in [6, 6.07) is 14.5. The van der Waals surface area contributed by atoms with Crippen LogP contribution < -0.4 is 15.8 Å². The number of hydrogen-bond acceptors (Lipinski definition) is 9. The molecule has 0 spiro atoms. The van der Waals surface area contributed by atoms with E-state index in [0.29, 0.717) is 24.4 Å². The number of carboxylic acids is 1. The van der Waals surface area contributed by atoms with Gasteiger partial charge in [0.2, 0.25) is 0 Å². The minimum Gasteiger partial charge on any atom is -0.480 e. The molecule has 2 aromatic carbocycles. The molecule has 0 radical (unpaired) electrons. The van der Waals surface area contributed by atoms with Gasteiger partial charge in [0.05, 0.1) is 17.1 Å². The van der Waals surface area contributed by atoms with E-state index in [4.69, 9.17) is 15.6 Å². The van der Waals surface area contributed by atoms with Gasteiger partial charge in [-0.1, -0.05) is 6.07 Å². The Kier molecular flexibility index (Phi) is 8.54. The number of pyridine rings is 1. The van der Waals surface area contributed by atoms with Gasteiger partial charge in [-0.05, 0) is 80.3 Å². The molecule has 192 valence electrons. The molecule has 0 aliphatic rings. The van der Waals surface area contributed by atoms with Crippen molar-refractivity contribution in [1.82, 2.24) is 15.0 Å². The first-order valence-electron chi connectivity index (χ1n) is 11.8. The van der Waals surface area contributed by atoms with Gasteiger partial charge >= 0.3 is 5.97 Å². The van der Waals surface area contributed by atoms with Crippen LogP contribution >= 0.6 is 11.8 Å². The largest absolute Gasteiger partial charge is 0.480 e. The first kappa shape index (κ1) is 26.3. The fraction of sp³-hybridized carbons (Fsp3) is 0.259. The lowest BCUT2D eigenvalue weighted by Gasteiger charge is -2.14. The molecule has 0 fully saturated rings. The second kappa shape index (κ2) is 12.0. The summed E-state index contributed by atoms with van der Waals surface area (Å²) in [6.45, 7) is 3.91. The monoisotopic (exact) mass is 519 g/mol. The molecule has 4 rings (SSSR count). The van der Waals surface area contributed by atoms with E-state index >= 15 is 0 Å². The van der Waals surface area contributed by atoms with Gasteiger partial charge in [-0.15, -0.1) is 11.8 Å². The van der Waals surface area contributed by atoms with E-state index in [9.17, 15) is 9.90 Å². The number of nitrogens with zero attached hydrogens (tertiary/aromatic N) is 3. The van der Waals surface area contributed by atoms with Crippen LogP contribution in [0, 0.1) is 13.8 Å². The van der Waals surface area contributed by atoms with Gasteiger partial charge in [-0.2, -0.15) is 0 Å². The number of hydrogen-bond donors (Lipinski definition) is 4. The van der Waals surface area contributed by atoms with Crippen molar-refractivity contribution in [2.75, 3.05) is 11.1 Å². The highest BCUT2D eigenvalue weighted by molar-refractivity contribution is 7.99. The Bertz CT molecular complexity index is 1380. The second-order valence-electron chi connectivity index (χ2n) is 8.69. The lowest BCUT2D eigenvalue weighted by molar-refractivity contribution is -0.137. The third-order valence-corrected chi connectivity index (χ3v) is 6.89. The lowest BCUT2D eigenvalue weighted by Crippen LogP contribution is -2.33. The third-order valence-electron chi connectivity index (χ3n) is 5.71. The molecule has 2 aromatic heterocycles. The van der Waals surface area contributed by atoms with E-state index < -0.39 is 17.4 Å². The van der Waals surface area contributed by atoms with Crippen LogP contribution in [0.2, 0.25) is 0 Å². The summed E-state index contributed by atoms with van der Waals surface area (Å²) in [6.07, 6.45) is 4.30. The van der Waals surface area contributed by atoms with Gasteiger partial charge in [-0.25, -0.2) is 9.97 Å². The van der Waals surface area contributed by atoms with Gasteiger partial charge in [0.15, 0.2) is 0 Å². The number of rotatable bonds is 11. The number of fused-ring (bicyclic) bond motifs is 1. The molecule has 37 heavy (non-hydrogen) atoms. The number of aliphatic carboxylic acids is 1. The Morgan fingerprint density at radius 2 is 1.95 bits per heavy atom. The molecular formula is C27H29N5O4S. The predicted octanol–water partition coefficient (Wildman–Crippen LogP) is 4.57. The average molecular weight is 520 g/mol. The van der Waals surface area contributed by atoms with Gasteiger partial charge in [-0.3, -0.25) is 9.78 Å². The fourth-order valence-electron chi connectivity index (χ4n) is 3.64. The summed E-state index contributed by atoms with van der Waals surface area (Å²) >= 11 is 1.14. The van der Waals surface area contributed by atoms with E-state index in [2.05, 4.69) is 20.3 Å². The Labute approximate surface area is 219 Å². The standard InChI is InChI=1S/C27H29N5O4S/c1-16-11-19(6-9-24(16)36-20-7-3-17(2)29-13-20)32-26-21-12-18(4-8-23(21)30-15-31-26)5-10-25(33)37-14-22(28)27(34)35/h3-4,6-9,11-13,15,22,25,33H,5,10,14,28H2,1-2H3,(H,34,35)(H,30,31,32). The van der Waals surface area contributed by atoms with Crippen LogP contribution in [0.4, 0.5) is 11.5 Å². The van der Waals surface area contributed by atoms with E-state index in [0.717, 1.165) is 50.9 Å². The first-order valence-corrected chi connectivity index (χ1v) is 12.8. The molecule has 0 saturated heterocycles. The lowest BCUT2D eigenvalue weighted by atomic mass is 10.1. The van der Waals surface area contributed by atoms with Crippen molar-refractivity contribution in [3.8, 4) is 11.5 Å². The molecular weight excluding hydrogens is 490 g/mol. The van der Waals surface area contributed by atoms with Crippen molar-refractivity contribution in [3.63, 3.8) is 0 Å². The highest BCUT2D eigenvalue weighted by Crippen LogP contribution is 2.30. The quantitative estimate of drug-likeness (QED) is 0.208. The minimum atomic E-state index is -1.07. The molecule has 2 atom stereocenters. The van der Waals surface area contributed by atoms with Crippen molar-refractivity contribution < 1.29 is 19.7 Å². The number of aliphatic hydroxyl groups is 1. The van der Waals surface area contributed by atoms with E-state index in [1.807, 2.05) is 62.4 Å². The summed E-state index contributed by atoms with van der Waals surface area (Å²) in [5.41, 5.74) is 9.36. The minimum absolute atomic E-state index is 0.154. The zero-order chi connectivity index (χ0) is 26.4. The van der Waals surface area contributed by atoms with E-state index in [1.165, 1.54) is 6.33 Å². The summed E-state index contributed by atoms with van der Waals surface area (Å²) in [5.74, 6) is 1.17. The number of aromatic nitrogens is 3. The van der Waals surface area contributed by atoms with Gasteiger partial charge in [0.1, 0.15) is 29.7 Å². The summed E-state index contributed by atoms with van der Waals surface area (Å²) in [7, 11) is 0. The number of thioether (sulfide) groups is 1. The van der Waals surface area contributed by atoms with Gasteiger partial charge in [0.25, 0.3) is 0 Å². The van der Waals surface area contributed by atoms with Crippen molar-refractivity contribution in [1.29, 1.82) is 0 Å². The normalized spacial score (nSPS) is 12.8. The Balaban J connectivity index is 1.44. The number of nitrogens with one attached hydrogen (secondary N) is 1. The maximum atomic E-state index is 10.9. The van der Waals surface area contributed by atoms with E-state index in [-0.39, 0.29) is 5.75 Å². The zero-order valence-corrected chi connectivity index (χ0v) is 21.4. The third kappa shape index (κ3) is 7.16. The van der Waals surface area contributed by atoms with Crippen LogP contribution in [0.5, 0.6) is 11.5 Å². The smallest absolute Gasteiger partial charge is 0.321 e. The molecule has 0 amide bonds. The number of anilines is 2. The van der Waals surface area contributed by atoms with Crippen molar-refractivity contribution in [3.05, 3.63) is 77.9 Å². The van der Waals surface area contributed by atoms with Crippen LogP contribution in [-0.2, 0) is 11.2 Å². The molecule has 10 heteroatoms. The zero-order valence-electron chi connectivity index (χ0n) is 20.6. The topological polar surface area (TPSA) is 143 Å². The number of ether oxygens (including phenoxy) is 1. The molecule has 2 heterocycles. The van der Waals surface area contributed by atoms with Crippen LogP contribution in [0.25, 0.3) is 10.9 Å². The number of carbonyl (C=O) groups is 1. The Hall–Kier alpha value is -3.73. The SMILES string of the molecule is Cc1ccc(Oc2ccc(Nc3ncnc4ccc(CCC(O)SCC(N)C(=O)O)cc34)cc2C)cn1. The van der Waals surface area contributed by atoms with Crippen LogP contribution in [0.15, 0.2) is 61.1 Å². The molecule has 2 unspecified atom stereocenters. The molecule has 0 saturated carbocycles. The Morgan fingerprint density at radius 3 is 2.68 bits per heavy atom. The number of aliphatic hydroxyl groups excluding tert-OH is 1.